The molecule has 68 heavy (non-hydrogen) atoms. The molecule has 0 radical (unpaired) electrons. The molecule has 4 aromatic rings. The van der Waals surface area contributed by atoms with Crippen LogP contribution in [0.15, 0.2) is 168 Å². The second-order valence-electron chi connectivity index (χ2n) is 18.2. The summed E-state index contributed by atoms with van der Waals surface area (Å²) in [6, 6.07) is 30.5. The molecule has 2 heterocycles. The number of rotatable bonds is 12. The Morgan fingerprint density at radius 2 is 1.10 bits per heavy atom. The van der Waals surface area contributed by atoms with Crippen molar-refractivity contribution in [3.63, 3.8) is 0 Å². The zero-order valence-corrected chi connectivity index (χ0v) is 38.8. The van der Waals surface area contributed by atoms with Crippen LogP contribution in [0, 0.1) is 29.6 Å². The molecule has 0 saturated carbocycles. The summed E-state index contributed by atoms with van der Waals surface area (Å²) in [7, 11) is 0. The normalized spacial score (nSPS) is 20.6. The maximum Gasteiger partial charge on any atom is 0.218 e. The lowest BCUT2D eigenvalue weighted by atomic mass is 9.86. The van der Waals surface area contributed by atoms with Crippen molar-refractivity contribution in [2.45, 2.75) is 82.3 Å². The van der Waals surface area contributed by atoms with Gasteiger partial charge in [-0.15, -0.1) is 0 Å². The number of allylic oxidation sites excluding steroid dienone is 5. The van der Waals surface area contributed by atoms with E-state index in [1.807, 2.05) is 109 Å². The van der Waals surface area contributed by atoms with Crippen molar-refractivity contribution in [1.82, 2.24) is 0 Å². The van der Waals surface area contributed by atoms with Crippen molar-refractivity contribution in [3.05, 3.63) is 185 Å². The SMILES string of the molecule is CC(C)(O)C#Cc1ccc(OC2=CC=C(C3(C4=CCC(Oc5ccc(OC6=CCC(C7(c8ccc(Oc9ccc(C#CC(C)(C)O)cc9)cc8)OCCO7)C=C6)cc5)C=C4)OCCO3)CC2)cc1. The average Bonchev–Trinajstić information content (AvgIpc) is 4.05. The van der Waals surface area contributed by atoms with Gasteiger partial charge >= 0.3 is 0 Å². The van der Waals surface area contributed by atoms with E-state index < -0.39 is 22.8 Å². The van der Waals surface area contributed by atoms with Gasteiger partial charge in [-0.1, -0.05) is 48.0 Å². The molecule has 10 nitrogen and oxygen atoms in total. The van der Waals surface area contributed by atoms with Crippen molar-refractivity contribution in [2.24, 2.45) is 5.92 Å². The molecule has 0 spiro atoms. The highest BCUT2D eigenvalue weighted by Crippen LogP contribution is 2.45. The van der Waals surface area contributed by atoms with Gasteiger partial charge in [-0.05, 0) is 167 Å². The summed E-state index contributed by atoms with van der Waals surface area (Å²) in [5, 5.41) is 19.8. The molecule has 4 aromatic carbocycles. The van der Waals surface area contributed by atoms with E-state index in [0.717, 1.165) is 57.3 Å². The van der Waals surface area contributed by atoms with Crippen LogP contribution in [0.5, 0.6) is 28.7 Å². The van der Waals surface area contributed by atoms with Gasteiger partial charge in [-0.2, -0.15) is 0 Å². The molecular weight excluding hydrogens is 857 g/mol. The van der Waals surface area contributed by atoms with Gasteiger partial charge in [0.2, 0.25) is 11.6 Å². The van der Waals surface area contributed by atoms with E-state index in [1.54, 1.807) is 27.7 Å². The molecule has 5 aliphatic rings. The van der Waals surface area contributed by atoms with E-state index in [1.165, 1.54) is 0 Å². The van der Waals surface area contributed by atoms with E-state index in [2.05, 4.69) is 60.1 Å². The van der Waals surface area contributed by atoms with Gasteiger partial charge in [-0.25, -0.2) is 0 Å². The molecule has 2 aliphatic heterocycles. The number of aliphatic hydroxyl groups is 2. The lowest BCUT2D eigenvalue weighted by molar-refractivity contribution is -0.193. The van der Waals surface area contributed by atoms with Crippen LogP contribution in [0.25, 0.3) is 0 Å². The van der Waals surface area contributed by atoms with Crippen LogP contribution < -0.4 is 18.9 Å². The average molecular weight is 913 g/mol. The Kier molecular flexibility index (Phi) is 13.6. The molecule has 0 amide bonds. The Labute approximate surface area is 398 Å². The first-order chi connectivity index (χ1) is 32.8. The van der Waals surface area contributed by atoms with Crippen molar-refractivity contribution < 1.29 is 48.1 Å². The molecule has 2 atom stereocenters. The van der Waals surface area contributed by atoms with Crippen LogP contribution in [-0.4, -0.2) is 59.7 Å². The maximum absolute atomic E-state index is 9.90. The predicted octanol–water partition coefficient (Wildman–Crippen LogP) is 10.5. The fourth-order valence-corrected chi connectivity index (χ4v) is 8.44. The highest BCUT2D eigenvalue weighted by molar-refractivity contribution is 5.46. The first kappa shape index (κ1) is 46.5. The summed E-state index contributed by atoms with van der Waals surface area (Å²) in [6.07, 6.45) is 19.1. The summed E-state index contributed by atoms with van der Waals surface area (Å²) in [6.45, 7) is 8.66. The molecular formula is C58H56O10. The Hall–Kier alpha value is -6.60. The van der Waals surface area contributed by atoms with Gasteiger partial charge in [0.15, 0.2) is 0 Å². The second-order valence-corrected chi connectivity index (χ2v) is 18.2. The van der Waals surface area contributed by atoms with Crippen LogP contribution >= 0.6 is 0 Å². The van der Waals surface area contributed by atoms with E-state index in [9.17, 15) is 10.2 Å². The number of hydrogen-bond donors (Lipinski definition) is 2. The Morgan fingerprint density at radius 1 is 0.559 bits per heavy atom. The second kappa shape index (κ2) is 19.9. The lowest BCUT2D eigenvalue weighted by Crippen LogP contribution is -2.36. The van der Waals surface area contributed by atoms with Crippen LogP contribution in [0.2, 0.25) is 0 Å². The minimum atomic E-state index is -1.05. The third-order valence-corrected chi connectivity index (χ3v) is 11.8. The number of benzene rings is 4. The molecule has 0 aromatic heterocycles. The van der Waals surface area contributed by atoms with Gasteiger partial charge in [-0.3, -0.25) is 0 Å². The van der Waals surface area contributed by atoms with E-state index in [0.29, 0.717) is 62.9 Å². The molecule has 348 valence electrons. The van der Waals surface area contributed by atoms with Gasteiger partial charge < -0.3 is 48.1 Å². The van der Waals surface area contributed by atoms with Crippen LogP contribution in [0.3, 0.4) is 0 Å². The molecule has 2 saturated heterocycles. The summed E-state index contributed by atoms with van der Waals surface area (Å²) in [5.74, 6) is 14.9. The fraction of sp³-hybridized carbons (Fsp3) is 0.310. The van der Waals surface area contributed by atoms with E-state index in [-0.39, 0.29) is 12.0 Å². The molecule has 10 heteroatoms. The molecule has 3 aliphatic carbocycles. The fourth-order valence-electron chi connectivity index (χ4n) is 8.44. The van der Waals surface area contributed by atoms with Crippen molar-refractivity contribution in [2.75, 3.05) is 26.4 Å². The minimum absolute atomic E-state index is 0.0653. The quantitative estimate of drug-likeness (QED) is 0.133. The smallest absolute Gasteiger partial charge is 0.218 e. The maximum atomic E-state index is 9.90. The molecule has 0 bridgehead atoms. The minimum Gasteiger partial charge on any atom is -0.486 e. The molecule has 2 unspecified atom stereocenters. The third kappa shape index (κ3) is 11.4. The standard InChI is InChI=1S/C58H56O10/c1-55(2,59)35-33-41-5-17-47(18-6-41)65-49-21-9-43(10-22-49)57(61-37-38-62-57)45-13-25-51(26-14-45)67-53-29-31-54(32-30-53)68-52-27-15-46(16-28-52)58(63-39-40-64-58)44-11-23-50(24-12-44)66-48-19-7-42(8-20-48)34-36-56(3,4)60/h5-11,13,15-23,25-27,29-32,45,52,59-60H,12,14,24,28,37-40H2,1-4H3. The molecule has 2 fully saturated rings. The first-order valence-corrected chi connectivity index (χ1v) is 23.1. The Balaban J connectivity index is 0.761. The van der Waals surface area contributed by atoms with Crippen LogP contribution in [0.4, 0.5) is 0 Å². The highest BCUT2D eigenvalue weighted by atomic mass is 16.7. The topological polar surface area (TPSA) is 114 Å². The third-order valence-electron chi connectivity index (χ3n) is 11.8. The first-order valence-electron chi connectivity index (χ1n) is 23.1. The van der Waals surface area contributed by atoms with Crippen molar-refractivity contribution in [1.29, 1.82) is 0 Å². The Bertz CT molecular complexity index is 2740. The van der Waals surface area contributed by atoms with Crippen molar-refractivity contribution >= 4 is 0 Å². The monoisotopic (exact) mass is 912 g/mol. The van der Waals surface area contributed by atoms with Crippen molar-refractivity contribution in [3.8, 4) is 52.4 Å². The number of ether oxygens (including phenoxy) is 8. The highest BCUT2D eigenvalue weighted by Gasteiger charge is 2.46. The van der Waals surface area contributed by atoms with E-state index in [4.69, 9.17) is 37.9 Å². The summed E-state index contributed by atoms with van der Waals surface area (Å²) in [4.78, 5) is 0. The summed E-state index contributed by atoms with van der Waals surface area (Å²) in [5.41, 5.74) is 2.45. The van der Waals surface area contributed by atoms with E-state index >= 15 is 0 Å². The van der Waals surface area contributed by atoms with Crippen LogP contribution in [-0.2, 0) is 24.7 Å². The van der Waals surface area contributed by atoms with Gasteiger partial charge in [0, 0.05) is 41.0 Å². The summed E-state index contributed by atoms with van der Waals surface area (Å²) < 4.78 is 50.3. The summed E-state index contributed by atoms with van der Waals surface area (Å²) >= 11 is 0. The Morgan fingerprint density at radius 3 is 1.63 bits per heavy atom. The number of hydrogen-bond acceptors (Lipinski definition) is 10. The zero-order valence-electron chi connectivity index (χ0n) is 38.8. The van der Waals surface area contributed by atoms with Gasteiger partial charge in [0.05, 0.1) is 26.4 Å². The molecule has 2 N–H and O–H groups in total. The van der Waals surface area contributed by atoms with Gasteiger partial charge in [0.25, 0.3) is 0 Å². The van der Waals surface area contributed by atoms with Crippen LogP contribution in [0.1, 0.15) is 70.1 Å². The zero-order chi connectivity index (χ0) is 47.2. The lowest BCUT2D eigenvalue weighted by Gasteiger charge is -2.35. The molecule has 9 rings (SSSR count). The van der Waals surface area contributed by atoms with Gasteiger partial charge in [0.1, 0.15) is 57.6 Å². The predicted molar refractivity (Wildman–Crippen MR) is 259 cm³/mol. The largest absolute Gasteiger partial charge is 0.486 e.